The van der Waals surface area contributed by atoms with Crippen LogP contribution in [0.1, 0.15) is 15.9 Å². The molecule has 4 rings (SSSR count). The standard InChI is InChI=1S/C26H28N2O3/c1-30-24-13-12-23(25(18-24)31-2)19-27-14-16-28(17-15-27)26(29)22-10-8-21(9-11-22)20-6-4-3-5-7-20/h3-13,18H,14-17,19H2,1-2H3/p+1. The van der Waals surface area contributed by atoms with Crippen molar-refractivity contribution in [2.24, 2.45) is 0 Å². The van der Waals surface area contributed by atoms with Crippen molar-refractivity contribution in [1.29, 1.82) is 0 Å². The highest BCUT2D eigenvalue weighted by Gasteiger charge is 2.25. The van der Waals surface area contributed by atoms with Gasteiger partial charge in [0.05, 0.1) is 40.4 Å². The van der Waals surface area contributed by atoms with Crippen molar-refractivity contribution in [3.8, 4) is 22.6 Å². The normalized spacial score (nSPS) is 14.3. The number of methoxy groups -OCH3 is 2. The van der Waals surface area contributed by atoms with Gasteiger partial charge in [-0.3, -0.25) is 4.79 Å². The van der Waals surface area contributed by atoms with Crippen LogP contribution < -0.4 is 14.4 Å². The Morgan fingerprint density at radius 3 is 2.19 bits per heavy atom. The van der Waals surface area contributed by atoms with E-state index in [-0.39, 0.29) is 5.91 Å². The van der Waals surface area contributed by atoms with E-state index in [1.807, 2.05) is 59.5 Å². The zero-order valence-corrected chi connectivity index (χ0v) is 18.1. The minimum absolute atomic E-state index is 0.112. The van der Waals surface area contributed by atoms with Crippen LogP contribution in [0.4, 0.5) is 0 Å². The van der Waals surface area contributed by atoms with E-state index in [1.165, 1.54) is 4.90 Å². The number of rotatable bonds is 6. The minimum Gasteiger partial charge on any atom is -0.497 e. The van der Waals surface area contributed by atoms with Gasteiger partial charge in [-0.05, 0) is 35.4 Å². The van der Waals surface area contributed by atoms with E-state index in [1.54, 1.807) is 14.2 Å². The van der Waals surface area contributed by atoms with E-state index in [2.05, 4.69) is 18.2 Å². The van der Waals surface area contributed by atoms with Crippen molar-refractivity contribution in [2.75, 3.05) is 40.4 Å². The lowest BCUT2D eigenvalue weighted by atomic mass is 10.0. The summed E-state index contributed by atoms with van der Waals surface area (Å²) in [7, 11) is 3.35. The van der Waals surface area contributed by atoms with Crippen LogP contribution >= 0.6 is 0 Å². The molecule has 0 radical (unpaired) electrons. The van der Waals surface area contributed by atoms with Crippen LogP contribution in [0, 0.1) is 0 Å². The first kappa shape index (κ1) is 20.9. The van der Waals surface area contributed by atoms with E-state index in [4.69, 9.17) is 9.47 Å². The second kappa shape index (κ2) is 9.67. The third-order valence-electron chi connectivity index (χ3n) is 5.93. The second-order valence-electron chi connectivity index (χ2n) is 7.84. The molecule has 1 N–H and O–H groups in total. The van der Waals surface area contributed by atoms with Gasteiger partial charge < -0.3 is 19.3 Å². The summed E-state index contributed by atoms with van der Waals surface area (Å²) in [6.45, 7) is 4.23. The number of ether oxygens (including phenoxy) is 2. The van der Waals surface area contributed by atoms with Gasteiger partial charge in [0.15, 0.2) is 0 Å². The zero-order chi connectivity index (χ0) is 21.6. The van der Waals surface area contributed by atoms with Crippen molar-refractivity contribution >= 4 is 5.91 Å². The van der Waals surface area contributed by atoms with Gasteiger partial charge in [0, 0.05) is 17.2 Å². The lowest BCUT2D eigenvalue weighted by Gasteiger charge is -2.32. The number of carbonyl (C=O) groups excluding carboxylic acids is 1. The Kier molecular flexibility index (Phi) is 6.53. The Balaban J connectivity index is 1.35. The first-order valence-corrected chi connectivity index (χ1v) is 10.7. The zero-order valence-electron chi connectivity index (χ0n) is 18.1. The van der Waals surface area contributed by atoms with Crippen molar-refractivity contribution in [2.45, 2.75) is 6.54 Å². The summed E-state index contributed by atoms with van der Waals surface area (Å²) < 4.78 is 10.8. The average Bonchev–Trinajstić information content (AvgIpc) is 2.85. The summed E-state index contributed by atoms with van der Waals surface area (Å²) in [5.74, 6) is 1.76. The fourth-order valence-electron chi connectivity index (χ4n) is 4.09. The minimum atomic E-state index is 0.112. The van der Waals surface area contributed by atoms with E-state index in [9.17, 15) is 4.79 Å². The fourth-order valence-corrected chi connectivity index (χ4v) is 4.09. The maximum absolute atomic E-state index is 13.0. The quantitative estimate of drug-likeness (QED) is 0.671. The third-order valence-corrected chi connectivity index (χ3v) is 5.93. The van der Waals surface area contributed by atoms with Gasteiger partial charge in [-0.25, -0.2) is 0 Å². The van der Waals surface area contributed by atoms with Gasteiger partial charge in [-0.1, -0.05) is 42.5 Å². The highest BCUT2D eigenvalue weighted by atomic mass is 16.5. The van der Waals surface area contributed by atoms with Crippen LogP contribution in [0.2, 0.25) is 0 Å². The average molecular weight is 418 g/mol. The molecule has 0 aliphatic carbocycles. The number of piperazine rings is 1. The summed E-state index contributed by atoms with van der Waals surface area (Å²) >= 11 is 0. The molecule has 0 atom stereocenters. The summed E-state index contributed by atoms with van der Waals surface area (Å²) in [5.41, 5.74) is 4.20. The Bertz CT molecular complexity index is 1010. The van der Waals surface area contributed by atoms with Crippen molar-refractivity contribution in [1.82, 2.24) is 4.90 Å². The second-order valence-corrected chi connectivity index (χ2v) is 7.84. The van der Waals surface area contributed by atoms with Crippen LogP contribution in [0.3, 0.4) is 0 Å². The molecule has 0 bridgehead atoms. The summed E-state index contributed by atoms with van der Waals surface area (Å²) in [6.07, 6.45) is 0. The molecule has 1 aliphatic heterocycles. The molecule has 0 spiro atoms. The molecule has 5 heteroatoms. The molecule has 1 aliphatic rings. The summed E-state index contributed by atoms with van der Waals surface area (Å²) in [4.78, 5) is 16.4. The molecule has 1 fully saturated rings. The largest absolute Gasteiger partial charge is 0.497 e. The monoisotopic (exact) mass is 417 g/mol. The first-order valence-electron chi connectivity index (χ1n) is 10.7. The molecule has 3 aromatic rings. The number of amides is 1. The van der Waals surface area contributed by atoms with Gasteiger partial charge in [-0.2, -0.15) is 0 Å². The van der Waals surface area contributed by atoms with Crippen LogP contribution in [0.15, 0.2) is 72.8 Å². The topological polar surface area (TPSA) is 43.2 Å². The molecule has 0 saturated carbocycles. The maximum atomic E-state index is 13.0. The Morgan fingerprint density at radius 1 is 0.871 bits per heavy atom. The smallest absolute Gasteiger partial charge is 0.254 e. The van der Waals surface area contributed by atoms with E-state index in [0.29, 0.717) is 0 Å². The first-order chi connectivity index (χ1) is 15.2. The summed E-state index contributed by atoms with van der Waals surface area (Å²) in [5, 5.41) is 0. The molecule has 160 valence electrons. The maximum Gasteiger partial charge on any atom is 0.254 e. The van der Waals surface area contributed by atoms with Crippen LogP contribution in [-0.2, 0) is 6.54 Å². The molecule has 1 amide bonds. The highest BCUT2D eigenvalue weighted by molar-refractivity contribution is 5.94. The van der Waals surface area contributed by atoms with Gasteiger partial charge in [0.1, 0.15) is 18.0 Å². The van der Waals surface area contributed by atoms with Crippen molar-refractivity contribution in [3.05, 3.63) is 83.9 Å². The van der Waals surface area contributed by atoms with Gasteiger partial charge in [0.25, 0.3) is 5.91 Å². The molecule has 1 saturated heterocycles. The molecule has 3 aromatic carbocycles. The van der Waals surface area contributed by atoms with Gasteiger partial charge in [0.2, 0.25) is 0 Å². The van der Waals surface area contributed by atoms with Crippen molar-refractivity contribution < 1.29 is 19.2 Å². The van der Waals surface area contributed by atoms with Crippen LogP contribution in [-0.4, -0.2) is 51.2 Å². The van der Waals surface area contributed by atoms with E-state index in [0.717, 1.165) is 66.5 Å². The van der Waals surface area contributed by atoms with E-state index >= 15 is 0 Å². The number of nitrogens with one attached hydrogen (secondary N) is 1. The molecular weight excluding hydrogens is 388 g/mol. The number of hydrogen-bond donors (Lipinski definition) is 1. The Hall–Kier alpha value is -3.31. The highest BCUT2D eigenvalue weighted by Crippen LogP contribution is 2.24. The number of benzene rings is 3. The molecule has 5 nitrogen and oxygen atoms in total. The summed E-state index contributed by atoms with van der Waals surface area (Å²) in [6, 6.07) is 24.1. The number of quaternary nitrogens is 1. The van der Waals surface area contributed by atoms with Crippen LogP contribution in [0.5, 0.6) is 11.5 Å². The molecule has 0 aromatic heterocycles. The van der Waals surface area contributed by atoms with Gasteiger partial charge >= 0.3 is 0 Å². The molecular formula is C26H29N2O3+. The molecule has 1 heterocycles. The Labute approximate surface area is 183 Å². The lowest BCUT2D eigenvalue weighted by Crippen LogP contribution is -3.13. The predicted molar refractivity (Wildman–Crippen MR) is 122 cm³/mol. The number of carbonyl (C=O) groups is 1. The van der Waals surface area contributed by atoms with Gasteiger partial charge in [-0.15, -0.1) is 0 Å². The molecule has 0 unspecified atom stereocenters. The number of nitrogens with zero attached hydrogens (tertiary/aromatic N) is 1. The Morgan fingerprint density at radius 2 is 1.55 bits per heavy atom. The SMILES string of the molecule is COc1ccc(C[NH+]2CCN(C(=O)c3ccc(-c4ccccc4)cc3)CC2)c(OC)c1. The van der Waals surface area contributed by atoms with Crippen molar-refractivity contribution in [3.63, 3.8) is 0 Å². The van der Waals surface area contributed by atoms with E-state index < -0.39 is 0 Å². The predicted octanol–water partition coefficient (Wildman–Crippen LogP) is 2.91. The fraction of sp³-hybridized carbons (Fsp3) is 0.269. The van der Waals surface area contributed by atoms with Crippen LogP contribution in [0.25, 0.3) is 11.1 Å². The third kappa shape index (κ3) is 4.89. The lowest BCUT2D eigenvalue weighted by molar-refractivity contribution is -0.917. The number of hydrogen-bond acceptors (Lipinski definition) is 3. The molecule has 31 heavy (non-hydrogen) atoms.